The van der Waals surface area contributed by atoms with Crippen LogP contribution in [-0.4, -0.2) is 22.9 Å². The fourth-order valence-electron chi connectivity index (χ4n) is 1.38. The standard InChI is InChI=1S/C10H22.C3H8O2/c1-4-7-8-9-10(5-2)6-3;1-3(5)2-4/h10H,4-9H2,1-3H3;3-5H,2H2,1H3. The zero-order valence-corrected chi connectivity index (χ0v) is 11.0. The number of hydrogen-bond acceptors (Lipinski definition) is 2. The average molecular weight is 218 g/mol. The maximum atomic E-state index is 8.11. The van der Waals surface area contributed by atoms with Gasteiger partial charge in [0, 0.05) is 0 Å². The Bertz CT molecular complexity index is 98.7. The number of unbranched alkanes of at least 4 members (excludes halogenated alkanes) is 2. The van der Waals surface area contributed by atoms with Gasteiger partial charge < -0.3 is 10.2 Å². The highest BCUT2D eigenvalue weighted by Crippen LogP contribution is 2.16. The van der Waals surface area contributed by atoms with Crippen LogP contribution in [0.4, 0.5) is 0 Å². The smallest absolute Gasteiger partial charge is 0.0742 e. The van der Waals surface area contributed by atoms with E-state index >= 15 is 0 Å². The topological polar surface area (TPSA) is 40.5 Å². The molecule has 0 aromatic carbocycles. The Hall–Kier alpha value is -0.0800. The van der Waals surface area contributed by atoms with Crippen molar-refractivity contribution in [3.8, 4) is 0 Å². The molecule has 2 N–H and O–H groups in total. The van der Waals surface area contributed by atoms with Crippen molar-refractivity contribution in [2.24, 2.45) is 5.92 Å². The summed E-state index contributed by atoms with van der Waals surface area (Å²) in [7, 11) is 0. The minimum atomic E-state index is -0.560. The molecule has 0 saturated heterocycles. The van der Waals surface area contributed by atoms with Gasteiger partial charge in [0.2, 0.25) is 0 Å². The molecule has 1 atom stereocenters. The molecule has 0 bridgehead atoms. The van der Waals surface area contributed by atoms with Gasteiger partial charge in [-0.2, -0.15) is 0 Å². The van der Waals surface area contributed by atoms with Gasteiger partial charge >= 0.3 is 0 Å². The van der Waals surface area contributed by atoms with Gasteiger partial charge in [-0.05, 0) is 12.8 Å². The molecule has 0 aromatic rings. The Balaban J connectivity index is 0. The van der Waals surface area contributed by atoms with E-state index in [0.717, 1.165) is 5.92 Å². The summed E-state index contributed by atoms with van der Waals surface area (Å²) in [6.45, 7) is 8.27. The molecule has 0 rings (SSSR count). The molecule has 0 heterocycles. The lowest BCUT2D eigenvalue weighted by molar-refractivity contribution is 0.110. The van der Waals surface area contributed by atoms with Crippen molar-refractivity contribution in [2.45, 2.75) is 72.3 Å². The number of rotatable bonds is 7. The fourth-order valence-corrected chi connectivity index (χ4v) is 1.38. The third kappa shape index (κ3) is 16.6. The van der Waals surface area contributed by atoms with Gasteiger partial charge in [-0.15, -0.1) is 0 Å². The Morgan fingerprint density at radius 3 is 1.73 bits per heavy atom. The zero-order chi connectivity index (χ0) is 12.1. The van der Waals surface area contributed by atoms with E-state index in [0.29, 0.717) is 0 Å². The summed E-state index contributed by atoms with van der Waals surface area (Å²) >= 11 is 0. The molecule has 0 aromatic heterocycles. The molecule has 0 radical (unpaired) electrons. The Kier molecular flexibility index (Phi) is 16.1. The molecule has 0 aliphatic carbocycles. The van der Waals surface area contributed by atoms with Crippen LogP contribution in [0.5, 0.6) is 0 Å². The largest absolute Gasteiger partial charge is 0.394 e. The molecule has 0 saturated carbocycles. The molecule has 94 valence electrons. The molecule has 0 fully saturated rings. The van der Waals surface area contributed by atoms with Crippen LogP contribution in [0, 0.1) is 5.92 Å². The van der Waals surface area contributed by atoms with E-state index in [4.69, 9.17) is 10.2 Å². The SMILES string of the molecule is CC(O)CO.CCCCCC(CC)CC. The van der Waals surface area contributed by atoms with Crippen molar-refractivity contribution in [1.29, 1.82) is 0 Å². The minimum Gasteiger partial charge on any atom is -0.394 e. The van der Waals surface area contributed by atoms with E-state index in [-0.39, 0.29) is 6.61 Å². The molecule has 2 nitrogen and oxygen atoms in total. The van der Waals surface area contributed by atoms with Gasteiger partial charge in [-0.3, -0.25) is 0 Å². The third-order valence-corrected chi connectivity index (χ3v) is 2.63. The lowest BCUT2D eigenvalue weighted by Gasteiger charge is -2.10. The molecule has 0 aliphatic heterocycles. The van der Waals surface area contributed by atoms with Crippen molar-refractivity contribution in [3.05, 3.63) is 0 Å². The second kappa shape index (κ2) is 13.9. The average Bonchev–Trinajstić information content (AvgIpc) is 2.25. The van der Waals surface area contributed by atoms with Crippen LogP contribution in [0.3, 0.4) is 0 Å². The maximum absolute atomic E-state index is 8.11. The lowest BCUT2D eigenvalue weighted by Crippen LogP contribution is -2.03. The van der Waals surface area contributed by atoms with Crippen molar-refractivity contribution in [1.82, 2.24) is 0 Å². The molecular formula is C13H30O2. The number of aliphatic hydroxyl groups is 2. The zero-order valence-electron chi connectivity index (χ0n) is 11.0. The molecule has 1 unspecified atom stereocenters. The number of aliphatic hydroxyl groups excluding tert-OH is 2. The van der Waals surface area contributed by atoms with Gasteiger partial charge in [0.25, 0.3) is 0 Å². The van der Waals surface area contributed by atoms with Crippen molar-refractivity contribution < 1.29 is 10.2 Å². The van der Waals surface area contributed by atoms with Crippen molar-refractivity contribution in [2.75, 3.05) is 6.61 Å². The maximum Gasteiger partial charge on any atom is 0.0742 e. The highest BCUT2D eigenvalue weighted by atomic mass is 16.3. The fraction of sp³-hybridized carbons (Fsp3) is 1.00. The highest BCUT2D eigenvalue weighted by molar-refractivity contribution is 4.54. The van der Waals surface area contributed by atoms with Gasteiger partial charge in [0.1, 0.15) is 0 Å². The molecular weight excluding hydrogens is 188 g/mol. The van der Waals surface area contributed by atoms with Crippen LogP contribution >= 0.6 is 0 Å². The summed E-state index contributed by atoms with van der Waals surface area (Å²) in [6.07, 6.45) is 7.89. The van der Waals surface area contributed by atoms with Crippen LogP contribution in [0.1, 0.15) is 66.2 Å². The summed E-state index contributed by atoms with van der Waals surface area (Å²) in [5.41, 5.74) is 0. The predicted molar refractivity (Wildman–Crippen MR) is 67.0 cm³/mol. The predicted octanol–water partition coefficient (Wildman–Crippen LogP) is 3.36. The molecule has 0 aliphatic rings. The second-order valence-electron chi connectivity index (χ2n) is 4.21. The molecule has 2 heteroatoms. The Labute approximate surface area is 95.7 Å². The van der Waals surface area contributed by atoms with E-state index in [9.17, 15) is 0 Å². The van der Waals surface area contributed by atoms with Crippen LogP contribution in [0.25, 0.3) is 0 Å². The quantitative estimate of drug-likeness (QED) is 0.643. The van der Waals surface area contributed by atoms with Crippen molar-refractivity contribution in [3.63, 3.8) is 0 Å². The summed E-state index contributed by atoms with van der Waals surface area (Å²) < 4.78 is 0. The lowest BCUT2D eigenvalue weighted by atomic mass is 9.96. The second-order valence-corrected chi connectivity index (χ2v) is 4.21. The molecule has 15 heavy (non-hydrogen) atoms. The first-order chi connectivity index (χ1) is 7.12. The number of hydrogen-bond donors (Lipinski definition) is 2. The molecule has 0 spiro atoms. The van der Waals surface area contributed by atoms with E-state index in [1.807, 2.05) is 0 Å². The first-order valence-corrected chi connectivity index (χ1v) is 6.41. The van der Waals surface area contributed by atoms with Gasteiger partial charge in [-0.1, -0.05) is 59.3 Å². The third-order valence-electron chi connectivity index (χ3n) is 2.63. The first-order valence-electron chi connectivity index (χ1n) is 6.41. The summed E-state index contributed by atoms with van der Waals surface area (Å²) in [4.78, 5) is 0. The van der Waals surface area contributed by atoms with E-state index in [1.165, 1.54) is 45.4 Å². The summed E-state index contributed by atoms with van der Waals surface area (Å²) in [6, 6.07) is 0. The van der Waals surface area contributed by atoms with Crippen LogP contribution in [0.15, 0.2) is 0 Å². The van der Waals surface area contributed by atoms with E-state index in [1.54, 1.807) is 0 Å². The van der Waals surface area contributed by atoms with Gasteiger partial charge in [0.05, 0.1) is 12.7 Å². The van der Waals surface area contributed by atoms with Crippen LogP contribution in [-0.2, 0) is 0 Å². The normalized spacial score (nSPS) is 12.2. The van der Waals surface area contributed by atoms with Crippen LogP contribution in [0.2, 0.25) is 0 Å². The van der Waals surface area contributed by atoms with Crippen molar-refractivity contribution >= 4 is 0 Å². The van der Waals surface area contributed by atoms with E-state index in [2.05, 4.69) is 20.8 Å². The van der Waals surface area contributed by atoms with Crippen LogP contribution < -0.4 is 0 Å². The summed E-state index contributed by atoms with van der Waals surface area (Å²) in [5.74, 6) is 1.01. The first kappa shape index (κ1) is 17.3. The van der Waals surface area contributed by atoms with Gasteiger partial charge in [-0.25, -0.2) is 0 Å². The van der Waals surface area contributed by atoms with Gasteiger partial charge in [0.15, 0.2) is 0 Å². The Morgan fingerprint density at radius 1 is 1.00 bits per heavy atom. The monoisotopic (exact) mass is 218 g/mol. The minimum absolute atomic E-state index is 0.139. The highest BCUT2D eigenvalue weighted by Gasteiger charge is 2.00. The summed E-state index contributed by atoms with van der Waals surface area (Å²) in [5, 5.41) is 16.0. The van der Waals surface area contributed by atoms with E-state index < -0.39 is 6.10 Å². The molecule has 0 amide bonds. The Morgan fingerprint density at radius 2 is 1.47 bits per heavy atom.